The molecule has 0 atom stereocenters. The Kier molecular flexibility index (Phi) is 2.51. The lowest BCUT2D eigenvalue weighted by molar-refractivity contribution is 1.33. The van der Waals surface area contributed by atoms with Gasteiger partial charge in [0.05, 0.1) is 0 Å². The lowest BCUT2D eigenvalue weighted by Gasteiger charge is -1.97. The van der Waals surface area contributed by atoms with E-state index in [0.29, 0.717) is 0 Å². The Morgan fingerprint density at radius 1 is 1.33 bits per heavy atom. The van der Waals surface area contributed by atoms with Gasteiger partial charge in [0.15, 0.2) is 0 Å². The van der Waals surface area contributed by atoms with E-state index in [2.05, 4.69) is 53.8 Å². The second-order valence-corrected chi connectivity index (χ2v) is 2.82. The summed E-state index contributed by atoms with van der Waals surface area (Å²) in [7, 11) is 0. The molecular formula is C8H9I. The maximum absolute atomic E-state index is 2.38. The van der Waals surface area contributed by atoms with Crippen LogP contribution in [-0.4, -0.2) is 0 Å². The molecule has 48 valence electrons. The summed E-state index contributed by atoms with van der Waals surface area (Å²) in [6.07, 6.45) is 0. The molecular weight excluding hydrogens is 223 g/mol. The molecule has 1 aromatic rings. The van der Waals surface area contributed by atoms with Gasteiger partial charge in [-0.25, -0.2) is 0 Å². The molecule has 0 amide bonds. The van der Waals surface area contributed by atoms with Crippen LogP contribution in [-0.2, 0) is 4.43 Å². The maximum atomic E-state index is 2.38. The zero-order valence-corrected chi connectivity index (χ0v) is 7.55. The monoisotopic (exact) mass is 232 g/mol. The molecule has 0 N–H and O–H groups in total. The van der Waals surface area contributed by atoms with E-state index in [-0.39, 0.29) is 0 Å². The molecule has 0 fully saturated rings. The van der Waals surface area contributed by atoms with Crippen LogP contribution >= 0.6 is 22.6 Å². The van der Waals surface area contributed by atoms with Gasteiger partial charge in [0, 0.05) is 4.43 Å². The molecule has 9 heavy (non-hydrogen) atoms. The Morgan fingerprint density at radius 3 is 2.44 bits per heavy atom. The first kappa shape index (κ1) is 7.06. The summed E-state index contributed by atoms with van der Waals surface area (Å²) in [6, 6.07) is 8.47. The normalized spacial score (nSPS) is 9.56. The molecule has 0 saturated carbocycles. The fourth-order valence-corrected chi connectivity index (χ4v) is 1.62. The van der Waals surface area contributed by atoms with Gasteiger partial charge in [-0.15, -0.1) is 0 Å². The standard InChI is InChI=1S/C8H9I/c1-7-4-2-3-5-8(7)6-9/h2-5H,6H2,1H3. The van der Waals surface area contributed by atoms with Crippen molar-refractivity contribution in [2.24, 2.45) is 0 Å². The number of aryl methyl sites for hydroxylation is 1. The Balaban J connectivity index is 3.01. The third kappa shape index (κ3) is 1.68. The van der Waals surface area contributed by atoms with E-state index in [0.717, 1.165) is 4.43 Å². The summed E-state index contributed by atoms with van der Waals surface area (Å²) in [5.41, 5.74) is 2.84. The van der Waals surface area contributed by atoms with Crippen molar-refractivity contribution in [3.05, 3.63) is 35.4 Å². The van der Waals surface area contributed by atoms with Crippen LogP contribution in [0.5, 0.6) is 0 Å². The van der Waals surface area contributed by atoms with Crippen molar-refractivity contribution >= 4 is 22.6 Å². The molecule has 1 rings (SSSR count). The predicted molar refractivity (Wildman–Crippen MR) is 48.9 cm³/mol. The molecule has 0 aliphatic carbocycles. The third-order valence-electron chi connectivity index (χ3n) is 1.41. The van der Waals surface area contributed by atoms with Crippen molar-refractivity contribution < 1.29 is 0 Å². The highest BCUT2D eigenvalue weighted by molar-refractivity contribution is 14.1. The third-order valence-corrected chi connectivity index (χ3v) is 2.23. The van der Waals surface area contributed by atoms with Crippen LogP contribution in [0.25, 0.3) is 0 Å². The van der Waals surface area contributed by atoms with Crippen molar-refractivity contribution in [2.75, 3.05) is 0 Å². The quantitative estimate of drug-likeness (QED) is 0.515. The number of rotatable bonds is 1. The number of hydrogen-bond donors (Lipinski definition) is 0. The fourth-order valence-electron chi connectivity index (χ4n) is 0.760. The number of hydrogen-bond acceptors (Lipinski definition) is 0. The molecule has 0 aliphatic heterocycles. The van der Waals surface area contributed by atoms with E-state index >= 15 is 0 Å². The van der Waals surface area contributed by atoms with Gasteiger partial charge in [0.2, 0.25) is 0 Å². The van der Waals surface area contributed by atoms with Crippen LogP contribution in [0.1, 0.15) is 11.1 Å². The van der Waals surface area contributed by atoms with E-state index in [1.807, 2.05) is 0 Å². The Bertz CT molecular complexity index is 194. The average molecular weight is 232 g/mol. The summed E-state index contributed by atoms with van der Waals surface area (Å²) in [6.45, 7) is 2.15. The van der Waals surface area contributed by atoms with Gasteiger partial charge in [0.25, 0.3) is 0 Å². The van der Waals surface area contributed by atoms with Crippen molar-refractivity contribution in [3.8, 4) is 0 Å². The molecule has 0 heterocycles. The molecule has 0 bridgehead atoms. The highest BCUT2D eigenvalue weighted by Crippen LogP contribution is 2.10. The molecule has 1 aromatic carbocycles. The zero-order chi connectivity index (χ0) is 6.69. The Morgan fingerprint density at radius 2 is 2.00 bits per heavy atom. The van der Waals surface area contributed by atoms with Gasteiger partial charge in [-0.2, -0.15) is 0 Å². The first-order valence-corrected chi connectivity index (χ1v) is 4.47. The van der Waals surface area contributed by atoms with E-state index in [9.17, 15) is 0 Å². The Hall–Kier alpha value is -0.0500. The molecule has 0 saturated heterocycles. The van der Waals surface area contributed by atoms with Crippen LogP contribution in [0.2, 0.25) is 0 Å². The highest BCUT2D eigenvalue weighted by atomic mass is 127. The van der Waals surface area contributed by atoms with Gasteiger partial charge in [-0.05, 0) is 18.1 Å². The van der Waals surface area contributed by atoms with E-state index in [1.54, 1.807) is 0 Å². The van der Waals surface area contributed by atoms with E-state index < -0.39 is 0 Å². The van der Waals surface area contributed by atoms with Crippen LogP contribution in [0.4, 0.5) is 0 Å². The lowest BCUT2D eigenvalue weighted by Crippen LogP contribution is -1.80. The summed E-state index contributed by atoms with van der Waals surface area (Å²) in [5.74, 6) is 0. The van der Waals surface area contributed by atoms with E-state index in [1.165, 1.54) is 11.1 Å². The summed E-state index contributed by atoms with van der Waals surface area (Å²) >= 11 is 2.38. The smallest absolute Gasteiger partial charge is 0.0249 e. The van der Waals surface area contributed by atoms with Crippen molar-refractivity contribution in [2.45, 2.75) is 11.4 Å². The second kappa shape index (κ2) is 3.20. The van der Waals surface area contributed by atoms with Gasteiger partial charge in [-0.3, -0.25) is 0 Å². The number of benzene rings is 1. The molecule has 0 radical (unpaired) electrons. The summed E-state index contributed by atoms with van der Waals surface area (Å²) < 4.78 is 1.12. The SMILES string of the molecule is Cc1ccccc1CI. The van der Waals surface area contributed by atoms with Crippen LogP contribution in [0.15, 0.2) is 24.3 Å². The minimum atomic E-state index is 1.12. The lowest BCUT2D eigenvalue weighted by atomic mass is 10.1. The van der Waals surface area contributed by atoms with Crippen molar-refractivity contribution in [1.29, 1.82) is 0 Å². The highest BCUT2D eigenvalue weighted by Gasteiger charge is 1.90. The van der Waals surface area contributed by atoms with Gasteiger partial charge >= 0.3 is 0 Å². The van der Waals surface area contributed by atoms with Gasteiger partial charge in [-0.1, -0.05) is 46.9 Å². The molecule has 1 heteroatoms. The van der Waals surface area contributed by atoms with E-state index in [4.69, 9.17) is 0 Å². The minimum Gasteiger partial charge on any atom is -0.0812 e. The van der Waals surface area contributed by atoms with Gasteiger partial charge in [0.1, 0.15) is 0 Å². The van der Waals surface area contributed by atoms with Crippen LogP contribution in [0, 0.1) is 6.92 Å². The maximum Gasteiger partial charge on any atom is 0.0249 e. The topological polar surface area (TPSA) is 0 Å². The average Bonchev–Trinajstić information content (AvgIpc) is 1.89. The van der Waals surface area contributed by atoms with Crippen molar-refractivity contribution in [3.63, 3.8) is 0 Å². The fraction of sp³-hybridized carbons (Fsp3) is 0.250. The number of alkyl halides is 1. The molecule has 0 aromatic heterocycles. The number of halogens is 1. The van der Waals surface area contributed by atoms with Crippen LogP contribution in [0.3, 0.4) is 0 Å². The molecule has 0 nitrogen and oxygen atoms in total. The Labute approximate surface area is 69.4 Å². The molecule has 0 aliphatic rings. The summed E-state index contributed by atoms with van der Waals surface area (Å²) in [4.78, 5) is 0. The second-order valence-electron chi connectivity index (χ2n) is 2.06. The minimum absolute atomic E-state index is 1.12. The first-order chi connectivity index (χ1) is 4.34. The zero-order valence-electron chi connectivity index (χ0n) is 5.39. The molecule has 0 spiro atoms. The van der Waals surface area contributed by atoms with Crippen molar-refractivity contribution in [1.82, 2.24) is 0 Å². The first-order valence-electron chi connectivity index (χ1n) is 2.95. The largest absolute Gasteiger partial charge is 0.0812 e. The summed E-state index contributed by atoms with van der Waals surface area (Å²) in [5, 5.41) is 0. The van der Waals surface area contributed by atoms with Gasteiger partial charge < -0.3 is 0 Å². The predicted octanol–water partition coefficient (Wildman–Crippen LogP) is 2.93. The van der Waals surface area contributed by atoms with Crippen LogP contribution < -0.4 is 0 Å². The molecule has 0 unspecified atom stereocenters.